The van der Waals surface area contributed by atoms with E-state index in [1.807, 2.05) is 0 Å². The van der Waals surface area contributed by atoms with Gasteiger partial charge in [0.25, 0.3) is 0 Å². The van der Waals surface area contributed by atoms with Crippen LogP contribution in [0.3, 0.4) is 0 Å². The van der Waals surface area contributed by atoms with Crippen molar-refractivity contribution in [3.05, 3.63) is 28.5 Å². The third kappa shape index (κ3) is 2.62. The topological polar surface area (TPSA) is 67.3 Å². The van der Waals surface area contributed by atoms with Crippen molar-refractivity contribution < 1.29 is 14.7 Å². The van der Waals surface area contributed by atoms with Crippen molar-refractivity contribution in [3.8, 4) is 0 Å². The number of hydrogen-bond acceptors (Lipinski definition) is 3. The van der Waals surface area contributed by atoms with Gasteiger partial charge in [-0.2, -0.15) is 0 Å². The Morgan fingerprint density at radius 1 is 1.54 bits per heavy atom. The van der Waals surface area contributed by atoms with Crippen LogP contribution in [0.15, 0.2) is 22.9 Å². The lowest BCUT2D eigenvalue weighted by atomic mass is 10.1. The highest BCUT2D eigenvalue weighted by molar-refractivity contribution is 9.10. The Balaban J connectivity index is 2.89. The van der Waals surface area contributed by atoms with Crippen LogP contribution in [-0.4, -0.2) is 21.8 Å². The van der Waals surface area contributed by atoms with Gasteiger partial charge in [0.05, 0.1) is 5.56 Å². The number of carboxylic acids is 1. The lowest BCUT2D eigenvalue weighted by Gasteiger charge is -1.98. The Morgan fingerprint density at radius 3 is 2.77 bits per heavy atom. The summed E-state index contributed by atoms with van der Waals surface area (Å²) in [4.78, 5) is 25.3. The first-order chi connectivity index (χ1) is 6.11. The van der Waals surface area contributed by atoms with Crippen molar-refractivity contribution in [2.24, 2.45) is 0 Å². The molecule has 0 saturated carbocycles. The van der Waals surface area contributed by atoms with Crippen LogP contribution < -0.4 is 0 Å². The molecule has 0 radical (unpaired) electrons. The second-order valence-electron chi connectivity index (χ2n) is 2.34. The molecule has 0 amide bonds. The molecule has 5 heteroatoms. The van der Waals surface area contributed by atoms with Crippen molar-refractivity contribution in [2.75, 3.05) is 0 Å². The minimum absolute atomic E-state index is 0.296. The summed E-state index contributed by atoms with van der Waals surface area (Å²) >= 11 is 3.06. The Kier molecular flexibility index (Phi) is 3.13. The molecular weight excluding hydrogens is 238 g/mol. The lowest BCUT2D eigenvalue weighted by molar-refractivity contribution is -0.135. The summed E-state index contributed by atoms with van der Waals surface area (Å²) in [5.41, 5.74) is 0.296. The third-order valence-corrected chi connectivity index (χ3v) is 2.00. The van der Waals surface area contributed by atoms with Gasteiger partial charge in [0.15, 0.2) is 5.78 Å². The predicted molar refractivity (Wildman–Crippen MR) is 48.5 cm³/mol. The number of hydrogen-bond donors (Lipinski definition) is 1. The van der Waals surface area contributed by atoms with Crippen LogP contribution in [0.2, 0.25) is 0 Å². The molecule has 1 aromatic heterocycles. The molecule has 0 fully saturated rings. The summed E-state index contributed by atoms with van der Waals surface area (Å²) in [5, 5.41) is 8.38. The Hall–Kier alpha value is -1.23. The van der Waals surface area contributed by atoms with Gasteiger partial charge in [-0.3, -0.25) is 9.59 Å². The molecule has 0 aliphatic carbocycles. The molecule has 68 valence electrons. The van der Waals surface area contributed by atoms with Crippen LogP contribution in [0.5, 0.6) is 0 Å². The van der Waals surface area contributed by atoms with Crippen LogP contribution in [0.25, 0.3) is 0 Å². The Labute approximate surface area is 82.7 Å². The third-order valence-electron chi connectivity index (χ3n) is 1.37. The number of nitrogens with zero attached hydrogens (tertiary/aromatic N) is 1. The Morgan fingerprint density at radius 2 is 2.23 bits per heavy atom. The van der Waals surface area contributed by atoms with E-state index in [0.717, 1.165) is 0 Å². The van der Waals surface area contributed by atoms with E-state index in [-0.39, 0.29) is 0 Å². The van der Waals surface area contributed by atoms with E-state index >= 15 is 0 Å². The summed E-state index contributed by atoms with van der Waals surface area (Å²) in [6.45, 7) is 0. The summed E-state index contributed by atoms with van der Waals surface area (Å²) in [6.07, 6.45) is 1.01. The number of Topliss-reactive ketones (excluding diaryl/α,β-unsaturated/α-hetero) is 1. The van der Waals surface area contributed by atoms with E-state index < -0.39 is 18.2 Å². The molecule has 1 aromatic rings. The molecule has 0 aromatic carbocycles. The number of ketones is 1. The Bertz CT molecular complexity index is 351. The summed E-state index contributed by atoms with van der Waals surface area (Å²) in [7, 11) is 0. The number of carboxylic acid groups (broad SMARTS) is 1. The predicted octanol–water partition coefficient (Wildman–Crippen LogP) is 1.50. The normalized spacial score (nSPS) is 9.62. The fourth-order valence-electron chi connectivity index (χ4n) is 0.827. The van der Waals surface area contributed by atoms with Crippen LogP contribution in [0.4, 0.5) is 0 Å². The molecule has 1 N–H and O–H groups in total. The van der Waals surface area contributed by atoms with E-state index in [9.17, 15) is 9.59 Å². The number of halogens is 1. The van der Waals surface area contributed by atoms with Gasteiger partial charge < -0.3 is 5.11 Å². The summed E-state index contributed by atoms with van der Waals surface area (Å²) < 4.78 is 0.376. The van der Waals surface area contributed by atoms with Gasteiger partial charge in [0.1, 0.15) is 11.0 Å². The van der Waals surface area contributed by atoms with Gasteiger partial charge >= 0.3 is 5.97 Å². The molecule has 0 unspecified atom stereocenters. The average Bonchev–Trinajstić information content (AvgIpc) is 2.03. The quantitative estimate of drug-likeness (QED) is 0.497. The van der Waals surface area contributed by atoms with E-state index in [1.54, 1.807) is 6.07 Å². The monoisotopic (exact) mass is 243 g/mol. The molecular formula is C8H6BrNO3. The molecule has 0 aliphatic heterocycles. The van der Waals surface area contributed by atoms with E-state index in [2.05, 4.69) is 20.9 Å². The van der Waals surface area contributed by atoms with Crippen LogP contribution >= 0.6 is 15.9 Å². The van der Waals surface area contributed by atoms with Gasteiger partial charge in [-0.05, 0) is 28.1 Å². The highest BCUT2D eigenvalue weighted by Gasteiger charge is 2.13. The van der Waals surface area contributed by atoms with E-state index in [4.69, 9.17) is 5.11 Å². The molecule has 0 bridgehead atoms. The second kappa shape index (κ2) is 4.13. The highest BCUT2D eigenvalue weighted by Crippen LogP contribution is 2.14. The number of carbonyl (C=O) groups excluding carboxylic acids is 1. The van der Waals surface area contributed by atoms with Gasteiger partial charge in [-0.25, -0.2) is 4.98 Å². The van der Waals surface area contributed by atoms with Crippen molar-refractivity contribution in [3.63, 3.8) is 0 Å². The first-order valence-corrected chi connectivity index (χ1v) is 4.26. The number of carbonyl (C=O) groups is 2. The van der Waals surface area contributed by atoms with Crippen LogP contribution in [0, 0.1) is 0 Å². The zero-order valence-electron chi connectivity index (χ0n) is 6.53. The summed E-state index contributed by atoms with van der Waals surface area (Å²) in [6, 6.07) is 3.11. The molecule has 0 atom stereocenters. The number of aliphatic carboxylic acids is 1. The standard InChI is InChI=1S/C8H6BrNO3/c9-8-5(2-1-3-10-8)6(11)4-7(12)13/h1-3H,4H2,(H,12,13). The van der Waals surface area contributed by atoms with Gasteiger partial charge in [-0.1, -0.05) is 0 Å². The van der Waals surface area contributed by atoms with Crippen molar-refractivity contribution in [1.29, 1.82) is 0 Å². The van der Waals surface area contributed by atoms with Gasteiger partial charge in [-0.15, -0.1) is 0 Å². The maximum absolute atomic E-state index is 11.2. The summed E-state index contributed by atoms with van der Waals surface area (Å²) in [5.74, 6) is -1.59. The molecule has 13 heavy (non-hydrogen) atoms. The maximum Gasteiger partial charge on any atom is 0.311 e. The minimum atomic E-state index is -1.14. The second-order valence-corrected chi connectivity index (χ2v) is 3.09. The SMILES string of the molecule is O=C(O)CC(=O)c1cccnc1Br. The van der Waals surface area contributed by atoms with Crippen molar-refractivity contribution >= 4 is 27.7 Å². The molecule has 0 aliphatic rings. The van der Waals surface area contributed by atoms with Crippen molar-refractivity contribution in [2.45, 2.75) is 6.42 Å². The molecule has 0 spiro atoms. The zero-order chi connectivity index (χ0) is 9.84. The minimum Gasteiger partial charge on any atom is -0.481 e. The van der Waals surface area contributed by atoms with Gasteiger partial charge in [0, 0.05) is 6.20 Å². The molecule has 0 saturated heterocycles. The molecule has 1 rings (SSSR count). The fraction of sp³-hybridized carbons (Fsp3) is 0.125. The smallest absolute Gasteiger partial charge is 0.311 e. The fourth-order valence-corrected chi connectivity index (χ4v) is 1.30. The van der Waals surface area contributed by atoms with E-state index in [1.165, 1.54) is 12.3 Å². The lowest BCUT2D eigenvalue weighted by Crippen LogP contribution is -2.07. The van der Waals surface area contributed by atoms with Crippen LogP contribution in [0.1, 0.15) is 16.8 Å². The number of pyridine rings is 1. The largest absolute Gasteiger partial charge is 0.481 e. The number of aromatic nitrogens is 1. The van der Waals surface area contributed by atoms with Crippen molar-refractivity contribution in [1.82, 2.24) is 4.98 Å². The van der Waals surface area contributed by atoms with Gasteiger partial charge in [0.2, 0.25) is 0 Å². The molecule has 1 heterocycles. The first kappa shape index (κ1) is 9.85. The highest BCUT2D eigenvalue weighted by atomic mass is 79.9. The van der Waals surface area contributed by atoms with E-state index in [0.29, 0.717) is 10.2 Å². The first-order valence-electron chi connectivity index (χ1n) is 3.47. The number of rotatable bonds is 3. The molecule has 4 nitrogen and oxygen atoms in total. The average molecular weight is 244 g/mol. The zero-order valence-corrected chi connectivity index (χ0v) is 8.11. The maximum atomic E-state index is 11.2. The van der Waals surface area contributed by atoms with Crippen LogP contribution in [-0.2, 0) is 4.79 Å².